The van der Waals surface area contributed by atoms with Gasteiger partial charge in [-0.25, -0.2) is 0 Å². The first kappa shape index (κ1) is 17.0. The van der Waals surface area contributed by atoms with Gasteiger partial charge in [-0.3, -0.25) is 9.59 Å². The molecule has 0 bridgehead atoms. The van der Waals surface area contributed by atoms with Gasteiger partial charge in [0.15, 0.2) is 0 Å². The molecule has 5 heteroatoms. The van der Waals surface area contributed by atoms with E-state index in [0.29, 0.717) is 22.8 Å². The van der Waals surface area contributed by atoms with Crippen molar-refractivity contribution in [2.24, 2.45) is 0 Å². The number of carbonyl (C=O) groups excluding carboxylic acids is 2. The van der Waals surface area contributed by atoms with Gasteiger partial charge in [0, 0.05) is 12.6 Å². The van der Waals surface area contributed by atoms with E-state index < -0.39 is 0 Å². The second kappa shape index (κ2) is 7.79. The van der Waals surface area contributed by atoms with E-state index in [0.717, 1.165) is 5.56 Å². The first-order valence-electron chi connectivity index (χ1n) is 7.44. The lowest BCUT2D eigenvalue weighted by molar-refractivity contribution is -0.117. The maximum atomic E-state index is 12.6. The molecule has 0 radical (unpaired) electrons. The zero-order valence-corrected chi connectivity index (χ0v) is 13.9. The number of rotatable bonds is 5. The van der Waals surface area contributed by atoms with Gasteiger partial charge in [-0.15, -0.1) is 0 Å². The number of halogens is 1. The highest BCUT2D eigenvalue weighted by molar-refractivity contribution is 6.34. The van der Waals surface area contributed by atoms with Gasteiger partial charge in [0.25, 0.3) is 0 Å². The van der Waals surface area contributed by atoms with E-state index in [9.17, 15) is 9.59 Å². The van der Waals surface area contributed by atoms with Gasteiger partial charge < -0.3 is 10.6 Å². The van der Waals surface area contributed by atoms with Crippen LogP contribution in [0.2, 0.25) is 5.02 Å². The molecule has 0 fully saturated rings. The van der Waals surface area contributed by atoms with E-state index in [4.69, 9.17) is 11.6 Å². The second-order valence-corrected chi connectivity index (χ2v) is 5.64. The monoisotopic (exact) mass is 330 g/mol. The number of hydrogen-bond acceptors (Lipinski definition) is 2. The van der Waals surface area contributed by atoms with Crippen LogP contribution in [0.25, 0.3) is 0 Å². The van der Waals surface area contributed by atoms with Crippen molar-refractivity contribution >= 4 is 34.8 Å². The first-order chi connectivity index (χ1) is 11.0. The van der Waals surface area contributed by atoms with Crippen molar-refractivity contribution < 1.29 is 9.59 Å². The lowest BCUT2D eigenvalue weighted by Gasteiger charge is -2.16. The third-order valence-electron chi connectivity index (χ3n) is 3.47. The third kappa shape index (κ3) is 4.57. The molecule has 0 aromatic heterocycles. The fraction of sp³-hybridized carbons (Fsp3) is 0.222. The van der Waals surface area contributed by atoms with E-state index in [1.165, 1.54) is 6.92 Å². The zero-order chi connectivity index (χ0) is 16.8. The molecule has 2 aromatic rings. The van der Waals surface area contributed by atoms with Crippen LogP contribution in [-0.2, 0) is 9.59 Å². The van der Waals surface area contributed by atoms with Gasteiger partial charge in [0.2, 0.25) is 11.8 Å². The Hall–Kier alpha value is -2.33. The molecule has 23 heavy (non-hydrogen) atoms. The summed E-state index contributed by atoms with van der Waals surface area (Å²) in [5, 5.41) is 5.95. The van der Waals surface area contributed by atoms with Crippen molar-refractivity contribution in [3.63, 3.8) is 0 Å². The number of carbonyl (C=O) groups is 2. The Labute approximate surface area is 140 Å². The molecule has 0 heterocycles. The second-order valence-electron chi connectivity index (χ2n) is 5.24. The van der Waals surface area contributed by atoms with Crippen molar-refractivity contribution in [3.05, 3.63) is 59.1 Å². The van der Waals surface area contributed by atoms with Crippen LogP contribution in [0.1, 0.15) is 31.7 Å². The van der Waals surface area contributed by atoms with Crippen molar-refractivity contribution in [2.45, 2.75) is 26.2 Å². The van der Waals surface area contributed by atoms with Gasteiger partial charge in [-0.05, 0) is 30.2 Å². The topological polar surface area (TPSA) is 58.2 Å². The Bertz CT molecular complexity index is 701. The SMILES string of the molecule is CCC(C(=O)Nc1cc(NC(C)=O)ccc1Cl)c1ccccc1. The quantitative estimate of drug-likeness (QED) is 0.852. The van der Waals surface area contributed by atoms with Gasteiger partial charge in [-0.2, -0.15) is 0 Å². The van der Waals surface area contributed by atoms with Crippen LogP contribution >= 0.6 is 11.6 Å². The molecular weight excluding hydrogens is 312 g/mol. The number of hydrogen-bond donors (Lipinski definition) is 2. The molecular formula is C18H19ClN2O2. The van der Waals surface area contributed by atoms with Gasteiger partial charge in [-0.1, -0.05) is 48.9 Å². The molecule has 120 valence electrons. The summed E-state index contributed by atoms with van der Waals surface area (Å²) in [5.41, 5.74) is 2.03. The van der Waals surface area contributed by atoms with Crippen molar-refractivity contribution in [3.8, 4) is 0 Å². The van der Waals surface area contributed by atoms with Gasteiger partial charge in [0.1, 0.15) is 0 Å². The van der Waals surface area contributed by atoms with Crippen LogP contribution in [0, 0.1) is 0 Å². The highest BCUT2D eigenvalue weighted by atomic mass is 35.5. The molecule has 0 aliphatic rings. The summed E-state index contributed by atoms with van der Waals surface area (Å²) in [5.74, 6) is -0.558. The Balaban J connectivity index is 2.20. The summed E-state index contributed by atoms with van der Waals surface area (Å²) in [6.07, 6.45) is 0.679. The fourth-order valence-electron chi connectivity index (χ4n) is 2.38. The number of benzene rings is 2. The summed E-state index contributed by atoms with van der Waals surface area (Å²) in [6.45, 7) is 3.39. The normalized spacial score (nSPS) is 11.6. The summed E-state index contributed by atoms with van der Waals surface area (Å²) < 4.78 is 0. The number of nitrogens with one attached hydrogen (secondary N) is 2. The van der Waals surface area contributed by atoms with Gasteiger partial charge in [0.05, 0.1) is 16.6 Å². The van der Waals surface area contributed by atoms with Crippen LogP contribution in [0.15, 0.2) is 48.5 Å². The van der Waals surface area contributed by atoms with E-state index in [-0.39, 0.29) is 17.7 Å². The van der Waals surface area contributed by atoms with E-state index >= 15 is 0 Å². The minimum absolute atomic E-state index is 0.124. The number of anilines is 2. The van der Waals surface area contributed by atoms with E-state index in [2.05, 4.69) is 10.6 Å². The van der Waals surface area contributed by atoms with Crippen molar-refractivity contribution in [1.82, 2.24) is 0 Å². The molecule has 2 amide bonds. The maximum absolute atomic E-state index is 12.6. The van der Waals surface area contributed by atoms with E-state index in [1.54, 1.807) is 18.2 Å². The zero-order valence-electron chi connectivity index (χ0n) is 13.1. The molecule has 2 N–H and O–H groups in total. The maximum Gasteiger partial charge on any atom is 0.231 e. The van der Waals surface area contributed by atoms with E-state index in [1.807, 2.05) is 37.3 Å². The van der Waals surface area contributed by atoms with Gasteiger partial charge >= 0.3 is 0 Å². The Morgan fingerprint density at radius 2 is 1.78 bits per heavy atom. The Morgan fingerprint density at radius 3 is 2.39 bits per heavy atom. The molecule has 0 saturated heterocycles. The lowest BCUT2D eigenvalue weighted by atomic mass is 9.95. The standard InChI is InChI=1S/C18H19ClN2O2/c1-3-15(13-7-5-4-6-8-13)18(23)21-17-11-14(20-12(2)22)9-10-16(17)19/h4-11,15H,3H2,1-2H3,(H,20,22)(H,21,23). The molecule has 0 aliphatic heterocycles. The fourth-order valence-corrected chi connectivity index (χ4v) is 2.54. The Kier molecular flexibility index (Phi) is 5.77. The smallest absolute Gasteiger partial charge is 0.231 e. The van der Waals surface area contributed by atoms with Crippen molar-refractivity contribution in [2.75, 3.05) is 10.6 Å². The highest BCUT2D eigenvalue weighted by Gasteiger charge is 2.19. The minimum atomic E-state index is -0.253. The molecule has 1 unspecified atom stereocenters. The molecule has 1 atom stereocenters. The average molecular weight is 331 g/mol. The molecule has 0 saturated carbocycles. The van der Waals surface area contributed by atoms with Crippen LogP contribution in [-0.4, -0.2) is 11.8 Å². The summed E-state index contributed by atoms with van der Waals surface area (Å²) in [7, 11) is 0. The summed E-state index contributed by atoms with van der Waals surface area (Å²) in [6, 6.07) is 14.6. The molecule has 4 nitrogen and oxygen atoms in total. The van der Waals surface area contributed by atoms with Crippen LogP contribution in [0.3, 0.4) is 0 Å². The van der Waals surface area contributed by atoms with Crippen LogP contribution in [0.4, 0.5) is 11.4 Å². The summed E-state index contributed by atoms with van der Waals surface area (Å²) in [4.78, 5) is 23.7. The Morgan fingerprint density at radius 1 is 1.09 bits per heavy atom. The predicted molar refractivity (Wildman–Crippen MR) is 93.9 cm³/mol. The molecule has 2 aromatic carbocycles. The predicted octanol–water partition coefficient (Wildman–Crippen LogP) is 4.43. The first-order valence-corrected chi connectivity index (χ1v) is 7.82. The third-order valence-corrected chi connectivity index (χ3v) is 3.80. The molecule has 2 rings (SSSR count). The number of amides is 2. The summed E-state index contributed by atoms with van der Waals surface area (Å²) >= 11 is 6.14. The largest absolute Gasteiger partial charge is 0.326 e. The van der Waals surface area contributed by atoms with Crippen LogP contribution in [0.5, 0.6) is 0 Å². The minimum Gasteiger partial charge on any atom is -0.326 e. The van der Waals surface area contributed by atoms with Crippen molar-refractivity contribution in [1.29, 1.82) is 0 Å². The molecule has 0 spiro atoms. The molecule has 0 aliphatic carbocycles. The average Bonchev–Trinajstić information content (AvgIpc) is 2.52. The highest BCUT2D eigenvalue weighted by Crippen LogP contribution is 2.28. The van der Waals surface area contributed by atoms with Crippen LogP contribution < -0.4 is 10.6 Å². The lowest BCUT2D eigenvalue weighted by Crippen LogP contribution is -2.21.